The summed E-state index contributed by atoms with van der Waals surface area (Å²) >= 11 is 0. The molecule has 0 aliphatic carbocycles. The van der Waals surface area contributed by atoms with E-state index < -0.39 is 11.6 Å². The van der Waals surface area contributed by atoms with Crippen LogP contribution in [0.4, 0.5) is 8.78 Å². The first-order valence-electron chi connectivity index (χ1n) is 7.16. The zero-order valence-electron chi connectivity index (χ0n) is 11.0. The number of nitrogens with one attached hydrogen (secondary N) is 1. The molecule has 2 aliphatic heterocycles. The van der Waals surface area contributed by atoms with Gasteiger partial charge in [-0.25, -0.2) is 8.78 Å². The Morgan fingerprint density at radius 2 is 2.05 bits per heavy atom. The Bertz CT molecular complexity index is 450. The van der Waals surface area contributed by atoms with Gasteiger partial charge in [0, 0.05) is 30.7 Å². The van der Waals surface area contributed by atoms with Crippen LogP contribution in [0.1, 0.15) is 31.2 Å². The largest absolute Gasteiger partial charge is 0.308 e. The summed E-state index contributed by atoms with van der Waals surface area (Å²) in [5.74, 6) is -1.47. The number of benzene rings is 1. The van der Waals surface area contributed by atoms with Gasteiger partial charge in [-0.15, -0.1) is 0 Å². The highest BCUT2D eigenvalue weighted by Crippen LogP contribution is 2.27. The van der Waals surface area contributed by atoms with E-state index in [0.29, 0.717) is 24.2 Å². The molecule has 1 N–H and O–H groups in total. The van der Waals surface area contributed by atoms with Crippen LogP contribution < -0.4 is 5.32 Å². The van der Waals surface area contributed by atoms with Crippen molar-refractivity contribution in [1.29, 1.82) is 0 Å². The van der Waals surface area contributed by atoms with Crippen molar-refractivity contribution in [2.45, 2.75) is 44.3 Å². The van der Waals surface area contributed by atoms with E-state index >= 15 is 0 Å². The number of hydrogen-bond acceptors (Lipinski definition) is 2. The minimum Gasteiger partial charge on any atom is -0.308 e. The SMILES string of the molecule is Fc1cccc(CNC2CCN3CCCCC23)c1F. The molecule has 2 nitrogen and oxygen atoms in total. The first kappa shape index (κ1) is 13.0. The second-order valence-electron chi connectivity index (χ2n) is 5.59. The van der Waals surface area contributed by atoms with Crippen LogP contribution in [0.5, 0.6) is 0 Å². The maximum Gasteiger partial charge on any atom is 0.163 e. The predicted octanol–water partition coefficient (Wildman–Crippen LogP) is 2.68. The molecule has 2 unspecified atom stereocenters. The van der Waals surface area contributed by atoms with E-state index in [1.54, 1.807) is 12.1 Å². The van der Waals surface area contributed by atoms with E-state index in [1.165, 1.54) is 25.8 Å². The van der Waals surface area contributed by atoms with Crippen molar-refractivity contribution >= 4 is 0 Å². The fraction of sp³-hybridized carbons (Fsp3) is 0.600. The quantitative estimate of drug-likeness (QED) is 0.905. The molecule has 1 aromatic carbocycles. The van der Waals surface area contributed by atoms with Crippen LogP contribution in [-0.4, -0.2) is 30.1 Å². The zero-order valence-corrected chi connectivity index (χ0v) is 11.0. The second-order valence-corrected chi connectivity index (χ2v) is 5.59. The topological polar surface area (TPSA) is 15.3 Å². The molecule has 4 heteroatoms. The van der Waals surface area contributed by atoms with Crippen molar-refractivity contribution in [3.8, 4) is 0 Å². The molecule has 2 aliphatic rings. The number of halogens is 2. The van der Waals surface area contributed by atoms with Crippen molar-refractivity contribution in [3.05, 3.63) is 35.4 Å². The average Bonchev–Trinajstić information content (AvgIpc) is 2.84. The first-order chi connectivity index (χ1) is 9.25. The Morgan fingerprint density at radius 1 is 1.16 bits per heavy atom. The van der Waals surface area contributed by atoms with Crippen LogP contribution >= 0.6 is 0 Å². The number of hydrogen-bond donors (Lipinski definition) is 1. The van der Waals surface area contributed by atoms with Crippen LogP contribution in [0.15, 0.2) is 18.2 Å². The van der Waals surface area contributed by atoms with Gasteiger partial charge in [0.25, 0.3) is 0 Å². The molecular formula is C15H20F2N2. The van der Waals surface area contributed by atoms with E-state index in [9.17, 15) is 8.78 Å². The summed E-state index contributed by atoms with van der Waals surface area (Å²) < 4.78 is 26.7. The molecule has 0 bridgehead atoms. The molecule has 104 valence electrons. The van der Waals surface area contributed by atoms with Crippen molar-refractivity contribution in [2.24, 2.45) is 0 Å². The van der Waals surface area contributed by atoms with Gasteiger partial charge in [-0.2, -0.15) is 0 Å². The highest BCUT2D eigenvalue weighted by atomic mass is 19.2. The number of nitrogens with zero attached hydrogens (tertiary/aromatic N) is 1. The summed E-state index contributed by atoms with van der Waals surface area (Å²) in [7, 11) is 0. The van der Waals surface area contributed by atoms with Crippen LogP contribution in [0.2, 0.25) is 0 Å². The van der Waals surface area contributed by atoms with Crippen LogP contribution in [0.25, 0.3) is 0 Å². The third-order valence-corrected chi connectivity index (χ3v) is 4.44. The molecule has 0 saturated carbocycles. The molecule has 0 aromatic heterocycles. The lowest BCUT2D eigenvalue weighted by molar-refractivity contribution is 0.180. The Labute approximate surface area is 112 Å². The van der Waals surface area contributed by atoms with E-state index in [-0.39, 0.29) is 0 Å². The van der Waals surface area contributed by atoms with Crippen LogP contribution in [-0.2, 0) is 6.54 Å². The lowest BCUT2D eigenvalue weighted by Gasteiger charge is -2.32. The fourth-order valence-corrected chi connectivity index (χ4v) is 3.41. The van der Waals surface area contributed by atoms with Crippen LogP contribution in [0.3, 0.4) is 0 Å². The lowest BCUT2D eigenvalue weighted by atomic mass is 9.99. The average molecular weight is 266 g/mol. The summed E-state index contributed by atoms with van der Waals surface area (Å²) in [6.07, 6.45) is 4.92. The standard InChI is InChI=1S/C15H20F2N2/c16-12-5-3-4-11(15(12)17)10-18-13-7-9-19-8-2-1-6-14(13)19/h3-5,13-14,18H,1-2,6-10H2. The summed E-state index contributed by atoms with van der Waals surface area (Å²) in [5.41, 5.74) is 0.425. The molecule has 3 rings (SSSR count). The highest BCUT2D eigenvalue weighted by Gasteiger charge is 2.34. The zero-order chi connectivity index (χ0) is 13.2. The van der Waals surface area contributed by atoms with Gasteiger partial charge >= 0.3 is 0 Å². The first-order valence-corrected chi connectivity index (χ1v) is 7.16. The Kier molecular flexibility index (Phi) is 3.80. The smallest absolute Gasteiger partial charge is 0.163 e. The summed E-state index contributed by atoms with van der Waals surface area (Å²) in [4.78, 5) is 2.53. The molecule has 2 atom stereocenters. The van der Waals surface area contributed by atoms with E-state index in [2.05, 4.69) is 10.2 Å². The van der Waals surface area contributed by atoms with Gasteiger partial charge in [0.05, 0.1) is 0 Å². The third-order valence-electron chi connectivity index (χ3n) is 4.44. The summed E-state index contributed by atoms with van der Waals surface area (Å²) in [5, 5.41) is 3.42. The van der Waals surface area contributed by atoms with Gasteiger partial charge in [-0.1, -0.05) is 18.6 Å². The normalized spacial score (nSPS) is 27.5. The van der Waals surface area contributed by atoms with E-state index in [1.807, 2.05) is 0 Å². The van der Waals surface area contributed by atoms with E-state index in [4.69, 9.17) is 0 Å². The summed E-state index contributed by atoms with van der Waals surface area (Å²) in [6, 6.07) is 5.39. The molecule has 1 aromatic rings. The number of piperidine rings is 1. The molecule has 19 heavy (non-hydrogen) atoms. The second kappa shape index (κ2) is 5.55. The Hall–Kier alpha value is -1.00. The van der Waals surface area contributed by atoms with Gasteiger partial charge in [0.2, 0.25) is 0 Å². The maximum absolute atomic E-state index is 13.6. The molecule has 0 amide bonds. The lowest BCUT2D eigenvalue weighted by Crippen LogP contribution is -2.44. The number of rotatable bonds is 3. The van der Waals surface area contributed by atoms with E-state index in [0.717, 1.165) is 19.0 Å². The van der Waals surface area contributed by atoms with Gasteiger partial charge in [-0.05, 0) is 31.9 Å². The Balaban J connectivity index is 1.62. The summed E-state index contributed by atoms with van der Waals surface area (Å²) in [6.45, 7) is 2.74. The van der Waals surface area contributed by atoms with Gasteiger partial charge in [0.15, 0.2) is 11.6 Å². The Morgan fingerprint density at radius 3 is 2.95 bits per heavy atom. The molecule has 0 spiro atoms. The highest BCUT2D eigenvalue weighted by molar-refractivity contribution is 5.19. The molecule has 2 heterocycles. The minimum atomic E-state index is -0.759. The van der Waals surface area contributed by atoms with Crippen molar-refractivity contribution < 1.29 is 8.78 Å². The number of fused-ring (bicyclic) bond motifs is 1. The third kappa shape index (κ3) is 2.65. The van der Waals surface area contributed by atoms with Crippen molar-refractivity contribution in [2.75, 3.05) is 13.1 Å². The minimum absolute atomic E-state index is 0.415. The molecule has 0 radical (unpaired) electrons. The van der Waals surface area contributed by atoms with Crippen molar-refractivity contribution in [3.63, 3.8) is 0 Å². The monoisotopic (exact) mass is 266 g/mol. The van der Waals surface area contributed by atoms with Gasteiger partial charge in [-0.3, -0.25) is 4.90 Å². The van der Waals surface area contributed by atoms with Crippen molar-refractivity contribution in [1.82, 2.24) is 10.2 Å². The molecule has 2 fully saturated rings. The van der Waals surface area contributed by atoms with Crippen LogP contribution in [0, 0.1) is 11.6 Å². The predicted molar refractivity (Wildman–Crippen MR) is 70.8 cm³/mol. The molecular weight excluding hydrogens is 246 g/mol. The van der Waals surface area contributed by atoms with Gasteiger partial charge < -0.3 is 5.32 Å². The van der Waals surface area contributed by atoms with Gasteiger partial charge in [0.1, 0.15) is 0 Å². The fourth-order valence-electron chi connectivity index (χ4n) is 3.41. The maximum atomic E-state index is 13.6. The molecule has 2 saturated heterocycles.